The molecule has 4 aromatic rings. The highest BCUT2D eigenvalue weighted by molar-refractivity contribution is 7.80. The molecule has 9 heteroatoms. The van der Waals surface area contributed by atoms with Gasteiger partial charge in [-0.1, -0.05) is 12.1 Å². The lowest BCUT2D eigenvalue weighted by Crippen LogP contribution is -2.30. The maximum Gasteiger partial charge on any atom is 0.221 e. The van der Waals surface area contributed by atoms with Crippen LogP contribution in [-0.4, -0.2) is 27.7 Å². The predicted molar refractivity (Wildman–Crippen MR) is 141 cm³/mol. The van der Waals surface area contributed by atoms with Gasteiger partial charge in [-0.15, -0.1) is 0 Å². The number of anilines is 2. The van der Waals surface area contributed by atoms with E-state index in [0.717, 1.165) is 17.1 Å². The zero-order valence-corrected chi connectivity index (χ0v) is 20.5. The normalized spacial score (nSPS) is 17.1. The summed E-state index contributed by atoms with van der Waals surface area (Å²) in [6.45, 7) is 1.44. The first-order valence-corrected chi connectivity index (χ1v) is 11.8. The van der Waals surface area contributed by atoms with Crippen molar-refractivity contribution in [3.63, 3.8) is 0 Å². The smallest absolute Gasteiger partial charge is 0.221 e. The Morgan fingerprint density at radius 1 is 1.08 bits per heavy atom. The molecule has 7 nitrogen and oxygen atoms in total. The van der Waals surface area contributed by atoms with E-state index < -0.39 is 0 Å². The minimum Gasteiger partial charge on any atom is -0.495 e. The van der Waals surface area contributed by atoms with Gasteiger partial charge in [-0.25, -0.2) is 4.39 Å². The third-order valence-corrected chi connectivity index (χ3v) is 6.35. The molecule has 0 spiro atoms. The van der Waals surface area contributed by atoms with Gasteiger partial charge in [0.2, 0.25) is 5.91 Å². The largest absolute Gasteiger partial charge is 0.495 e. The summed E-state index contributed by atoms with van der Waals surface area (Å²) < 4.78 is 21.5. The number of aromatic nitrogens is 2. The molecule has 0 radical (unpaired) electrons. The second-order valence-corrected chi connectivity index (χ2v) is 8.73. The Balaban J connectivity index is 1.66. The second kappa shape index (κ2) is 9.79. The van der Waals surface area contributed by atoms with Gasteiger partial charge in [0.05, 0.1) is 24.5 Å². The molecule has 1 aliphatic heterocycles. The van der Waals surface area contributed by atoms with Crippen LogP contribution in [-0.2, 0) is 4.79 Å². The Morgan fingerprint density at radius 3 is 2.67 bits per heavy atom. The SMILES string of the molecule is COc1ccc(N2C(=S)N[C@H](c3ccccn3)[C@H]2c2cccn2-c2cccc(F)c2)cc1NC(C)=O. The quantitative estimate of drug-likeness (QED) is 0.356. The summed E-state index contributed by atoms with van der Waals surface area (Å²) >= 11 is 5.82. The number of methoxy groups -OCH3 is 1. The summed E-state index contributed by atoms with van der Waals surface area (Å²) in [7, 11) is 1.55. The Bertz CT molecular complexity index is 1420. The number of nitrogens with one attached hydrogen (secondary N) is 2. The lowest BCUT2D eigenvalue weighted by molar-refractivity contribution is -0.114. The zero-order chi connectivity index (χ0) is 25.2. The van der Waals surface area contributed by atoms with Gasteiger partial charge < -0.3 is 24.8 Å². The summed E-state index contributed by atoms with van der Waals surface area (Å²) in [6.07, 6.45) is 3.64. The fourth-order valence-corrected chi connectivity index (χ4v) is 4.91. The highest BCUT2D eigenvalue weighted by Gasteiger charge is 2.42. The summed E-state index contributed by atoms with van der Waals surface area (Å²) in [5.41, 5.74) is 3.69. The van der Waals surface area contributed by atoms with Gasteiger partial charge >= 0.3 is 0 Å². The number of rotatable bonds is 6. The van der Waals surface area contributed by atoms with Crippen molar-refractivity contribution in [1.29, 1.82) is 0 Å². The average molecular weight is 502 g/mol. The summed E-state index contributed by atoms with van der Waals surface area (Å²) in [5.74, 6) is 0.00362. The number of pyridine rings is 1. The zero-order valence-electron chi connectivity index (χ0n) is 19.7. The first-order valence-electron chi connectivity index (χ1n) is 11.4. The summed E-state index contributed by atoms with van der Waals surface area (Å²) in [5, 5.41) is 6.75. The molecular formula is C27H24FN5O2S. The molecule has 3 heterocycles. The Morgan fingerprint density at radius 2 is 1.94 bits per heavy atom. The van der Waals surface area contributed by atoms with E-state index in [9.17, 15) is 9.18 Å². The standard InChI is InChI=1S/C27H24FN5O2S/c1-17(34)30-22-16-20(11-12-24(22)35-2)33-26(25(31-27(33)36)21-9-3-4-13-29-21)23-10-6-14-32(23)19-8-5-7-18(28)15-19/h3-16,25-26H,1-2H3,(H,30,34)(H,31,36)/t25-,26-/m1/s1. The van der Waals surface area contributed by atoms with Gasteiger partial charge in [-0.3, -0.25) is 9.78 Å². The maximum absolute atomic E-state index is 14.1. The predicted octanol–water partition coefficient (Wildman–Crippen LogP) is 5.16. The van der Waals surface area contributed by atoms with Gasteiger partial charge in [0.1, 0.15) is 17.6 Å². The number of nitrogens with zero attached hydrogens (tertiary/aromatic N) is 3. The van der Waals surface area contributed by atoms with Crippen LogP contribution in [0.15, 0.2) is 85.2 Å². The number of ether oxygens (including phenoxy) is 1. The number of halogens is 1. The van der Waals surface area contributed by atoms with E-state index >= 15 is 0 Å². The minimum absolute atomic E-state index is 0.213. The highest BCUT2D eigenvalue weighted by Crippen LogP contribution is 2.43. The minimum atomic E-state index is -0.329. The van der Waals surface area contributed by atoms with E-state index in [1.165, 1.54) is 19.1 Å². The van der Waals surface area contributed by atoms with Crippen molar-refractivity contribution >= 4 is 34.6 Å². The molecule has 1 amide bonds. The monoisotopic (exact) mass is 501 g/mol. The van der Waals surface area contributed by atoms with Crippen LogP contribution in [0.3, 0.4) is 0 Å². The van der Waals surface area contributed by atoms with Crippen LogP contribution in [0.5, 0.6) is 5.75 Å². The van der Waals surface area contributed by atoms with E-state index in [1.54, 1.807) is 25.4 Å². The molecule has 0 unspecified atom stereocenters. The fourth-order valence-electron chi connectivity index (χ4n) is 4.56. The number of benzene rings is 2. The highest BCUT2D eigenvalue weighted by atomic mass is 32.1. The molecule has 2 atom stereocenters. The van der Waals surface area contributed by atoms with E-state index in [-0.39, 0.29) is 23.8 Å². The molecule has 2 aromatic heterocycles. The second-order valence-electron chi connectivity index (χ2n) is 8.35. The molecule has 2 N–H and O–H groups in total. The Labute approximate surface area is 213 Å². The van der Waals surface area contributed by atoms with Gasteiger partial charge in [0.25, 0.3) is 0 Å². The summed E-state index contributed by atoms with van der Waals surface area (Å²) in [6, 6.07) is 21.0. The lowest BCUT2D eigenvalue weighted by Gasteiger charge is -2.29. The first kappa shape index (κ1) is 23.5. The molecule has 36 heavy (non-hydrogen) atoms. The van der Waals surface area contributed by atoms with Crippen molar-refractivity contribution in [2.45, 2.75) is 19.0 Å². The molecule has 1 fully saturated rings. The molecular weight excluding hydrogens is 477 g/mol. The van der Waals surface area contributed by atoms with Crippen molar-refractivity contribution in [3.05, 3.63) is 102 Å². The Hall–Kier alpha value is -4.24. The van der Waals surface area contributed by atoms with E-state index in [0.29, 0.717) is 22.2 Å². The maximum atomic E-state index is 14.1. The van der Waals surface area contributed by atoms with Crippen LogP contribution in [0, 0.1) is 5.82 Å². The van der Waals surface area contributed by atoms with Gasteiger partial charge in [0, 0.05) is 36.4 Å². The van der Waals surface area contributed by atoms with Crippen molar-refractivity contribution in [2.24, 2.45) is 0 Å². The number of amides is 1. The number of carbonyl (C=O) groups excluding carboxylic acids is 1. The molecule has 5 rings (SSSR count). The molecule has 0 saturated carbocycles. The third-order valence-electron chi connectivity index (χ3n) is 6.04. The van der Waals surface area contributed by atoms with Crippen molar-refractivity contribution in [1.82, 2.24) is 14.9 Å². The number of hydrogen-bond donors (Lipinski definition) is 2. The van der Waals surface area contributed by atoms with E-state index in [2.05, 4.69) is 15.6 Å². The van der Waals surface area contributed by atoms with E-state index in [4.69, 9.17) is 17.0 Å². The van der Waals surface area contributed by atoms with Crippen LogP contribution < -0.4 is 20.3 Å². The average Bonchev–Trinajstić information content (AvgIpc) is 3.48. The van der Waals surface area contributed by atoms with Crippen LogP contribution in [0.1, 0.15) is 30.4 Å². The number of hydrogen-bond acceptors (Lipinski definition) is 4. The number of carbonyl (C=O) groups is 1. The summed E-state index contributed by atoms with van der Waals surface area (Å²) in [4.78, 5) is 18.4. The van der Waals surface area contributed by atoms with Gasteiger partial charge in [-0.2, -0.15) is 0 Å². The van der Waals surface area contributed by atoms with Gasteiger partial charge in [0.15, 0.2) is 5.11 Å². The number of thiocarbonyl (C=S) groups is 1. The Kier molecular flexibility index (Phi) is 6.39. The molecule has 0 bridgehead atoms. The van der Waals surface area contributed by atoms with Crippen LogP contribution in [0.4, 0.5) is 15.8 Å². The molecule has 1 saturated heterocycles. The molecule has 1 aliphatic rings. The van der Waals surface area contributed by atoms with Crippen LogP contribution in [0.25, 0.3) is 5.69 Å². The van der Waals surface area contributed by atoms with Crippen LogP contribution in [0.2, 0.25) is 0 Å². The lowest BCUT2D eigenvalue weighted by atomic mass is 10.0. The van der Waals surface area contributed by atoms with Crippen molar-refractivity contribution < 1.29 is 13.9 Å². The molecule has 182 valence electrons. The fraction of sp³-hybridized carbons (Fsp3) is 0.148. The molecule has 0 aliphatic carbocycles. The third kappa shape index (κ3) is 4.40. The first-order chi connectivity index (χ1) is 17.5. The van der Waals surface area contributed by atoms with Crippen LogP contribution >= 0.6 is 12.2 Å². The molecule has 2 aromatic carbocycles. The van der Waals surface area contributed by atoms with Crippen molar-refractivity contribution in [2.75, 3.05) is 17.3 Å². The van der Waals surface area contributed by atoms with Crippen molar-refractivity contribution in [3.8, 4) is 11.4 Å². The van der Waals surface area contributed by atoms with Gasteiger partial charge in [-0.05, 0) is 72.9 Å². The van der Waals surface area contributed by atoms with E-state index in [1.807, 2.05) is 64.2 Å². The topological polar surface area (TPSA) is 71.4 Å².